The maximum atomic E-state index is 3.57. The number of halogens is 1. The predicted octanol–water partition coefficient (Wildman–Crippen LogP) is 4.71. The Kier molecular flexibility index (Phi) is 4.98. The van der Waals surface area contributed by atoms with Crippen LogP contribution in [0, 0.1) is 6.92 Å². The van der Waals surface area contributed by atoms with Gasteiger partial charge in [-0.2, -0.15) is 0 Å². The highest BCUT2D eigenvalue weighted by Gasteiger charge is 2.12. The normalized spacial score (nSPS) is 12.6. The van der Waals surface area contributed by atoms with Gasteiger partial charge >= 0.3 is 0 Å². The second-order valence-corrected chi connectivity index (χ2v) is 6.37. The molecule has 0 saturated carbocycles. The van der Waals surface area contributed by atoms with Gasteiger partial charge in [0, 0.05) is 27.2 Å². The van der Waals surface area contributed by atoms with E-state index in [4.69, 9.17) is 0 Å². The molecule has 2 rings (SSSR count). The van der Waals surface area contributed by atoms with Crippen LogP contribution in [0.5, 0.6) is 0 Å². The summed E-state index contributed by atoms with van der Waals surface area (Å²) in [7, 11) is 0. The molecule has 0 radical (unpaired) electrons. The highest BCUT2D eigenvalue weighted by Crippen LogP contribution is 2.25. The Morgan fingerprint density at radius 3 is 2.56 bits per heavy atom. The van der Waals surface area contributed by atoms with Gasteiger partial charge in [0.25, 0.3) is 0 Å². The van der Waals surface area contributed by atoms with Crippen molar-refractivity contribution in [3.05, 3.63) is 56.2 Å². The maximum absolute atomic E-state index is 3.57. The summed E-state index contributed by atoms with van der Waals surface area (Å²) in [5.74, 6) is 0. The van der Waals surface area contributed by atoms with Crippen molar-refractivity contribution in [2.75, 3.05) is 6.54 Å². The Morgan fingerprint density at radius 1 is 1.28 bits per heavy atom. The van der Waals surface area contributed by atoms with E-state index in [1.165, 1.54) is 20.5 Å². The number of benzene rings is 1. The molecule has 1 aromatic heterocycles. The van der Waals surface area contributed by atoms with Gasteiger partial charge in [-0.1, -0.05) is 36.8 Å². The zero-order valence-electron chi connectivity index (χ0n) is 10.7. The zero-order chi connectivity index (χ0) is 13.0. The van der Waals surface area contributed by atoms with E-state index in [0.29, 0.717) is 6.04 Å². The van der Waals surface area contributed by atoms with Gasteiger partial charge in [0.05, 0.1) is 0 Å². The molecule has 1 unspecified atom stereocenters. The Balaban J connectivity index is 2.14. The molecule has 96 valence electrons. The molecule has 1 atom stereocenters. The number of aryl methyl sites for hydroxylation is 1. The average Bonchev–Trinajstić information content (AvgIpc) is 2.75. The van der Waals surface area contributed by atoms with Crippen molar-refractivity contribution in [1.82, 2.24) is 5.32 Å². The summed E-state index contributed by atoms with van der Waals surface area (Å²) in [6.45, 7) is 5.28. The number of likely N-dealkylation sites (N-methyl/N-ethyl adjacent to an activating group) is 1. The number of thiophene rings is 1. The number of rotatable bonds is 5. The van der Waals surface area contributed by atoms with Crippen molar-refractivity contribution in [1.29, 1.82) is 0 Å². The summed E-state index contributed by atoms with van der Waals surface area (Å²) in [4.78, 5) is 1.41. The van der Waals surface area contributed by atoms with Gasteiger partial charge in [0.2, 0.25) is 0 Å². The number of hydrogen-bond donors (Lipinski definition) is 1. The van der Waals surface area contributed by atoms with Crippen LogP contribution in [0.2, 0.25) is 0 Å². The zero-order valence-corrected chi connectivity index (χ0v) is 13.1. The monoisotopic (exact) mass is 323 g/mol. The van der Waals surface area contributed by atoms with Gasteiger partial charge in [-0.3, -0.25) is 0 Å². The van der Waals surface area contributed by atoms with Gasteiger partial charge in [-0.25, -0.2) is 0 Å². The molecule has 0 spiro atoms. The van der Waals surface area contributed by atoms with E-state index in [1.807, 2.05) is 11.3 Å². The predicted molar refractivity (Wildman–Crippen MR) is 83.3 cm³/mol. The van der Waals surface area contributed by atoms with Crippen LogP contribution < -0.4 is 5.32 Å². The minimum Gasteiger partial charge on any atom is -0.310 e. The first-order valence-corrected chi connectivity index (χ1v) is 7.89. The molecule has 1 nitrogen and oxygen atoms in total. The lowest BCUT2D eigenvalue weighted by Crippen LogP contribution is -2.22. The molecule has 1 heterocycles. The molecule has 1 N–H and O–H groups in total. The van der Waals surface area contributed by atoms with Gasteiger partial charge < -0.3 is 5.32 Å². The molecular formula is C15H18BrNS. The lowest BCUT2D eigenvalue weighted by Gasteiger charge is -2.17. The van der Waals surface area contributed by atoms with Gasteiger partial charge in [0.15, 0.2) is 0 Å². The molecule has 0 amide bonds. The Hall–Kier alpha value is -0.640. The summed E-state index contributed by atoms with van der Waals surface area (Å²) < 4.78 is 1.18. The van der Waals surface area contributed by atoms with Gasteiger partial charge in [0.1, 0.15) is 0 Å². The fraction of sp³-hybridized carbons (Fsp3) is 0.333. The van der Waals surface area contributed by atoms with Crippen LogP contribution in [0.1, 0.15) is 29.0 Å². The Bertz CT molecular complexity index is 489. The van der Waals surface area contributed by atoms with E-state index in [0.717, 1.165) is 13.0 Å². The van der Waals surface area contributed by atoms with Crippen LogP contribution in [0.25, 0.3) is 0 Å². The molecular weight excluding hydrogens is 306 g/mol. The topological polar surface area (TPSA) is 12.0 Å². The minimum atomic E-state index is 0.404. The third-order valence-corrected chi connectivity index (χ3v) is 4.68. The number of hydrogen-bond acceptors (Lipinski definition) is 2. The van der Waals surface area contributed by atoms with Crippen LogP contribution in [0.3, 0.4) is 0 Å². The second-order valence-electron chi connectivity index (χ2n) is 4.46. The van der Waals surface area contributed by atoms with Crippen LogP contribution in [-0.4, -0.2) is 6.54 Å². The van der Waals surface area contributed by atoms with Crippen molar-refractivity contribution in [2.24, 2.45) is 0 Å². The smallest absolute Gasteiger partial charge is 0.0368 e. The maximum Gasteiger partial charge on any atom is 0.0368 e. The molecule has 2 aromatic rings. The van der Waals surface area contributed by atoms with E-state index in [9.17, 15) is 0 Å². The molecule has 0 saturated heterocycles. The van der Waals surface area contributed by atoms with E-state index in [2.05, 4.69) is 70.8 Å². The first kappa shape index (κ1) is 13.8. The van der Waals surface area contributed by atoms with E-state index in [-0.39, 0.29) is 0 Å². The lowest BCUT2D eigenvalue weighted by atomic mass is 10.0. The Labute approximate surface area is 121 Å². The van der Waals surface area contributed by atoms with Crippen molar-refractivity contribution in [3.8, 4) is 0 Å². The van der Waals surface area contributed by atoms with E-state index >= 15 is 0 Å². The van der Waals surface area contributed by atoms with Gasteiger partial charge in [-0.15, -0.1) is 11.3 Å². The van der Waals surface area contributed by atoms with Crippen LogP contribution >= 0.6 is 27.3 Å². The van der Waals surface area contributed by atoms with Gasteiger partial charge in [-0.05, 0) is 41.0 Å². The first-order valence-electron chi connectivity index (χ1n) is 6.22. The molecule has 0 bridgehead atoms. The fourth-order valence-corrected chi connectivity index (χ4v) is 3.51. The lowest BCUT2D eigenvalue weighted by molar-refractivity contribution is 0.553. The fourth-order valence-electron chi connectivity index (χ4n) is 2.02. The molecule has 0 fully saturated rings. The second kappa shape index (κ2) is 6.50. The summed E-state index contributed by atoms with van der Waals surface area (Å²) in [5.41, 5.74) is 2.68. The van der Waals surface area contributed by atoms with Crippen LogP contribution in [-0.2, 0) is 6.42 Å². The molecule has 1 aromatic carbocycles. The van der Waals surface area contributed by atoms with Crippen molar-refractivity contribution in [2.45, 2.75) is 26.3 Å². The molecule has 0 aliphatic heterocycles. The highest BCUT2D eigenvalue weighted by molar-refractivity contribution is 9.10. The standard InChI is InChI=1S/C15H18BrNS/c1-3-17-15(9-14-8-13(16)10-18-14)12-6-4-11(2)5-7-12/h4-8,10,15,17H,3,9H2,1-2H3. The minimum absolute atomic E-state index is 0.404. The summed E-state index contributed by atoms with van der Waals surface area (Å²) in [6.07, 6.45) is 1.05. The van der Waals surface area contributed by atoms with E-state index < -0.39 is 0 Å². The van der Waals surface area contributed by atoms with Crippen LogP contribution in [0.4, 0.5) is 0 Å². The summed E-state index contributed by atoms with van der Waals surface area (Å²) in [6, 6.07) is 11.4. The molecule has 18 heavy (non-hydrogen) atoms. The van der Waals surface area contributed by atoms with Crippen molar-refractivity contribution in [3.63, 3.8) is 0 Å². The highest BCUT2D eigenvalue weighted by atomic mass is 79.9. The van der Waals surface area contributed by atoms with Crippen molar-refractivity contribution < 1.29 is 0 Å². The SMILES string of the molecule is CCNC(Cc1cc(Br)cs1)c1ccc(C)cc1. The van der Waals surface area contributed by atoms with E-state index in [1.54, 1.807) is 0 Å². The average molecular weight is 324 g/mol. The molecule has 0 aliphatic carbocycles. The van der Waals surface area contributed by atoms with Crippen LogP contribution in [0.15, 0.2) is 40.2 Å². The third-order valence-electron chi connectivity index (χ3n) is 2.96. The molecule has 0 aliphatic rings. The quantitative estimate of drug-likeness (QED) is 0.840. The largest absolute Gasteiger partial charge is 0.310 e. The summed E-state index contributed by atoms with van der Waals surface area (Å²) in [5, 5.41) is 5.71. The summed E-state index contributed by atoms with van der Waals surface area (Å²) >= 11 is 5.33. The molecule has 3 heteroatoms. The first-order chi connectivity index (χ1) is 8.69. The Morgan fingerprint density at radius 2 is 2.00 bits per heavy atom. The number of nitrogens with one attached hydrogen (secondary N) is 1. The van der Waals surface area contributed by atoms with Crippen molar-refractivity contribution >= 4 is 27.3 Å². The third kappa shape index (κ3) is 3.67.